The van der Waals surface area contributed by atoms with Crippen LogP contribution < -0.4 is 16.0 Å². The van der Waals surface area contributed by atoms with Crippen molar-refractivity contribution >= 4 is 27.7 Å². The highest BCUT2D eigenvalue weighted by Crippen LogP contribution is 2.35. The van der Waals surface area contributed by atoms with Crippen LogP contribution in [0.2, 0.25) is 0 Å². The van der Waals surface area contributed by atoms with E-state index in [1.165, 1.54) is 34.6 Å². The molecule has 3 aromatic rings. The lowest BCUT2D eigenvalue weighted by atomic mass is 9.84. The molecule has 1 heterocycles. The predicted octanol–water partition coefficient (Wildman–Crippen LogP) is 4.83. The summed E-state index contributed by atoms with van der Waals surface area (Å²) in [5.74, 6) is -5.26. The maximum Gasteiger partial charge on any atom is 0.407 e. The predicted molar refractivity (Wildman–Crippen MR) is 167 cm³/mol. The van der Waals surface area contributed by atoms with E-state index in [1.54, 1.807) is 0 Å². The molecule has 2 fully saturated rings. The Morgan fingerprint density at radius 1 is 0.957 bits per heavy atom. The molecule has 0 bridgehead atoms. The number of nitrogens with one attached hydrogen (secondary N) is 3. The lowest BCUT2D eigenvalue weighted by Gasteiger charge is -2.40. The molecule has 47 heavy (non-hydrogen) atoms. The highest BCUT2D eigenvalue weighted by atomic mass is 32.2. The van der Waals surface area contributed by atoms with Crippen molar-refractivity contribution in [2.45, 2.75) is 61.9 Å². The zero-order valence-electron chi connectivity index (χ0n) is 25.8. The summed E-state index contributed by atoms with van der Waals surface area (Å²) in [6.45, 7) is 2.69. The van der Waals surface area contributed by atoms with Crippen LogP contribution in [0.15, 0.2) is 60.7 Å². The Morgan fingerprint density at radius 2 is 1.64 bits per heavy atom. The minimum atomic E-state index is -3.53. The van der Waals surface area contributed by atoms with Crippen molar-refractivity contribution in [1.82, 2.24) is 14.9 Å². The summed E-state index contributed by atoms with van der Waals surface area (Å²) in [5, 5.41) is 7.89. The standard InChI is InChI=1S/C33H36F4N4O5S/c1-19-17-38-18-25(41(19)47(44,45)26-11-12-26)10-13-27-28(37)4-3-5-29(27)39-32(42)31(40-33(43)46-2)30(20-6-8-22(34)9-7-20)21-14-23(35)16-24(36)15-21/h3-9,14-16,19,25-26,30-31,38H,10-13,17-18H2,1-2H3,(H,39,42)(H,40,43)/t19-,25+,30+,31+/m1/s1. The van der Waals surface area contributed by atoms with Crippen molar-refractivity contribution in [3.63, 3.8) is 0 Å². The third-order valence-electron chi connectivity index (χ3n) is 8.51. The minimum absolute atomic E-state index is 0.0407. The van der Waals surface area contributed by atoms with Crippen molar-refractivity contribution in [2.75, 3.05) is 25.5 Å². The lowest BCUT2D eigenvalue weighted by molar-refractivity contribution is -0.118. The molecule has 0 unspecified atom stereocenters. The summed E-state index contributed by atoms with van der Waals surface area (Å²) in [4.78, 5) is 26.5. The number of halogens is 4. The Hall–Kier alpha value is -4.01. The van der Waals surface area contributed by atoms with E-state index >= 15 is 4.39 Å². The van der Waals surface area contributed by atoms with Gasteiger partial charge in [0.05, 0.1) is 12.4 Å². The smallest absolute Gasteiger partial charge is 0.407 e. The molecule has 1 saturated carbocycles. The van der Waals surface area contributed by atoms with Crippen LogP contribution in [0.3, 0.4) is 0 Å². The quantitative estimate of drug-likeness (QED) is 0.251. The third kappa shape index (κ3) is 7.94. The maximum atomic E-state index is 15.4. The molecule has 1 saturated heterocycles. The normalized spacial score (nSPS) is 19.9. The van der Waals surface area contributed by atoms with Crippen molar-refractivity contribution < 1.29 is 40.3 Å². The van der Waals surface area contributed by atoms with E-state index in [1.807, 2.05) is 6.92 Å². The number of benzene rings is 3. The molecule has 4 atom stereocenters. The molecule has 2 amide bonds. The van der Waals surface area contributed by atoms with E-state index in [-0.39, 0.29) is 41.3 Å². The molecule has 14 heteroatoms. The largest absolute Gasteiger partial charge is 0.453 e. The number of anilines is 1. The lowest BCUT2D eigenvalue weighted by Crippen LogP contribution is -2.59. The molecule has 0 aromatic heterocycles. The highest BCUT2D eigenvalue weighted by molar-refractivity contribution is 7.90. The van der Waals surface area contributed by atoms with Crippen molar-refractivity contribution in [3.8, 4) is 0 Å². The number of rotatable bonds is 11. The summed E-state index contributed by atoms with van der Waals surface area (Å²) in [5.41, 5.74) is 0.363. The van der Waals surface area contributed by atoms with Gasteiger partial charge >= 0.3 is 6.09 Å². The van der Waals surface area contributed by atoms with Crippen molar-refractivity contribution in [1.29, 1.82) is 0 Å². The molecule has 0 radical (unpaired) electrons. The van der Waals surface area contributed by atoms with Gasteiger partial charge in [-0.2, -0.15) is 4.31 Å². The number of carbonyl (C=O) groups excluding carboxylic acids is 2. The van der Waals surface area contributed by atoms with Crippen LogP contribution in [-0.2, 0) is 26.0 Å². The first-order valence-electron chi connectivity index (χ1n) is 15.3. The molecular formula is C33H36F4N4O5S. The van der Waals surface area contributed by atoms with Crippen LogP contribution in [-0.4, -0.2) is 68.3 Å². The summed E-state index contributed by atoms with van der Waals surface area (Å²) in [7, 11) is -2.46. The van der Waals surface area contributed by atoms with Gasteiger partial charge in [-0.05, 0) is 80.1 Å². The van der Waals surface area contributed by atoms with Crippen molar-refractivity contribution in [2.24, 2.45) is 0 Å². The Labute approximate surface area is 270 Å². The van der Waals surface area contributed by atoms with Crippen LogP contribution in [0.25, 0.3) is 0 Å². The number of alkyl carbamates (subject to hydrolysis) is 1. The Balaban J connectivity index is 1.46. The first kappa shape index (κ1) is 34.3. The second-order valence-electron chi connectivity index (χ2n) is 11.9. The van der Waals surface area contributed by atoms with Gasteiger partial charge in [-0.3, -0.25) is 4.79 Å². The van der Waals surface area contributed by atoms with Crippen LogP contribution in [0.5, 0.6) is 0 Å². The van der Waals surface area contributed by atoms with Gasteiger partial charge < -0.3 is 20.7 Å². The molecule has 0 spiro atoms. The van der Waals surface area contributed by atoms with E-state index in [0.717, 1.165) is 31.4 Å². The minimum Gasteiger partial charge on any atom is -0.453 e. The second-order valence-corrected chi connectivity index (χ2v) is 14.0. The number of amides is 2. The van der Waals surface area contributed by atoms with E-state index in [9.17, 15) is 31.2 Å². The number of methoxy groups -OCH3 is 1. The molecule has 2 aliphatic rings. The van der Waals surface area contributed by atoms with Gasteiger partial charge in [0.15, 0.2) is 0 Å². The van der Waals surface area contributed by atoms with Crippen LogP contribution in [0, 0.1) is 23.3 Å². The first-order chi connectivity index (χ1) is 22.4. The molecule has 9 nitrogen and oxygen atoms in total. The van der Waals surface area contributed by atoms with E-state index in [0.29, 0.717) is 32.0 Å². The Morgan fingerprint density at radius 3 is 2.28 bits per heavy atom. The number of piperazine rings is 1. The fourth-order valence-corrected chi connectivity index (χ4v) is 8.41. The molecule has 5 rings (SSSR count). The molecule has 252 valence electrons. The SMILES string of the molecule is COC(=O)N[C@H](C(=O)Nc1cccc(F)c1CC[C@H]1CNC[C@@H](C)N1S(=O)(=O)C1CC1)[C@@H](c1ccc(F)cc1)c1cc(F)cc(F)c1. The summed E-state index contributed by atoms with van der Waals surface area (Å²) in [6, 6.07) is 9.19. The summed E-state index contributed by atoms with van der Waals surface area (Å²) < 4.78 is 90.9. The van der Waals surface area contributed by atoms with Crippen LogP contribution in [0.4, 0.5) is 28.0 Å². The third-order valence-corrected chi connectivity index (χ3v) is 11.1. The number of hydrogen-bond donors (Lipinski definition) is 3. The first-order valence-corrected chi connectivity index (χ1v) is 16.8. The summed E-state index contributed by atoms with van der Waals surface area (Å²) >= 11 is 0. The number of hydrogen-bond acceptors (Lipinski definition) is 6. The Kier molecular flexibility index (Phi) is 10.5. The molecular weight excluding hydrogens is 640 g/mol. The fraction of sp³-hybridized carbons (Fsp3) is 0.394. The number of sulfonamides is 1. The van der Waals surface area contributed by atoms with E-state index < -0.39 is 68.5 Å². The molecule has 1 aliphatic carbocycles. The Bertz CT molecular complexity index is 1700. The van der Waals surface area contributed by atoms with Gasteiger partial charge in [0, 0.05) is 48.4 Å². The number of carbonyl (C=O) groups is 2. The molecule has 3 N–H and O–H groups in total. The monoisotopic (exact) mass is 676 g/mol. The van der Waals surface area contributed by atoms with Gasteiger partial charge in [0.1, 0.15) is 29.3 Å². The average Bonchev–Trinajstić information content (AvgIpc) is 3.87. The molecule has 1 aliphatic heterocycles. The van der Waals surface area contributed by atoms with Gasteiger partial charge in [-0.25, -0.2) is 30.8 Å². The zero-order chi connectivity index (χ0) is 33.9. The second kappa shape index (κ2) is 14.4. The van der Waals surface area contributed by atoms with Gasteiger partial charge in [0.2, 0.25) is 15.9 Å². The van der Waals surface area contributed by atoms with Gasteiger partial charge in [-0.1, -0.05) is 18.2 Å². The van der Waals surface area contributed by atoms with Gasteiger partial charge in [-0.15, -0.1) is 0 Å². The number of nitrogens with zero attached hydrogens (tertiary/aromatic N) is 1. The van der Waals surface area contributed by atoms with Crippen LogP contribution >= 0.6 is 0 Å². The summed E-state index contributed by atoms with van der Waals surface area (Å²) in [6.07, 6.45) is 0.486. The maximum absolute atomic E-state index is 15.4. The van der Waals surface area contributed by atoms with Gasteiger partial charge in [0.25, 0.3) is 0 Å². The topological polar surface area (TPSA) is 117 Å². The zero-order valence-corrected chi connectivity index (χ0v) is 26.6. The van der Waals surface area contributed by atoms with Crippen LogP contribution in [0.1, 0.15) is 48.8 Å². The highest BCUT2D eigenvalue weighted by Gasteiger charge is 2.45. The van der Waals surface area contributed by atoms with E-state index in [2.05, 4.69) is 16.0 Å². The van der Waals surface area contributed by atoms with Crippen molar-refractivity contribution in [3.05, 3.63) is 101 Å². The average molecular weight is 677 g/mol. The van der Waals surface area contributed by atoms with E-state index in [4.69, 9.17) is 4.74 Å². The molecule has 3 aromatic carbocycles. The number of ether oxygens (including phenoxy) is 1. The fourth-order valence-electron chi connectivity index (χ4n) is 6.16.